The van der Waals surface area contributed by atoms with Crippen LogP contribution in [0.15, 0.2) is 16.6 Å². The van der Waals surface area contributed by atoms with E-state index in [9.17, 15) is 18.0 Å². The van der Waals surface area contributed by atoms with Gasteiger partial charge in [0.25, 0.3) is 5.91 Å². The number of hydrogen-bond acceptors (Lipinski definition) is 3. The van der Waals surface area contributed by atoms with E-state index in [1.807, 2.05) is 0 Å². The van der Waals surface area contributed by atoms with Crippen molar-refractivity contribution in [1.29, 1.82) is 0 Å². The number of alkyl halides is 3. The van der Waals surface area contributed by atoms with Crippen LogP contribution in [0.3, 0.4) is 0 Å². The van der Waals surface area contributed by atoms with Gasteiger partial charge in [-0.2, -0.15) is 13.2 Å². The van der Waals surface area contributed by atoms with Crippen molar-refractivity contribution in [3.05, 3.63) is 22.2 Å². The highest BCUT2D eigenvalue weighted by atomic mass is 79.9. The summed E-state index contributed by atoms with van der Waals surface area (Å²) in [7, 11) is 2.71. The minimum absolute atomic E-state index is 0.00866. The van der Waals surface area contributed by atoms with Gasteiger partial charge < -0.3 is 14.4 Å². The molecule has 0 saturated carbocycles. The van der Waals surface area contributed by atoms with Crippen molar-refractivity contribution >= 4 is 21.8 Å². The van der Waals surface area contributed by atoms with E-state index in [4.69, 9.17) is 9.47 Å². The molecule has 1 atom stereocenters. The first-order valence-electron chi connectivity index (χ1n) is 7.08. The van der Waals surface area contributed by atoms with Crippen molar-refractivity contribution in [2.45, 2.75) is 31.5 Å². The van der Waals surface area contributed by atoms with Crippen LogP contribution < -0.4 is 9.47 Å². The number of methoxy groups -OCH3 is 2. The number of hydrogen-bond donors (Lipinski definition) is 0. The van der Waals surface area contributed by atoms with Crippen LogP contribution in [0.25, 0.3) is 0 Å². The number of halogens is 4. The zero-order valence-corrected chi connectivity index (χ0v) is 14.3. The van der Waals surface area contributed by atoms with Gasteiger partial charge in [0.1, 0.15) is 23.1 Å². The van der Waals surface area contributed by atoms with Crippen LogP contribution in [-0.2, 0) is 0 Å². The molecule has 1 amide bonds. The summed E-state index contributed by atoms with van der Waals surface area (Å²) in [6, 6.07) is 1.28. The van der Waals surface area contributed by atoms with Gasteiger partial charge in [-0.1, -0.05) is 15.9 Å². The largest absolute Gasteiger partial charge is 0.496 e. The molecule has 4 nitrogen and oxygen atoms in total. The molecule has 1 aromatic carbocycles. The van der Waals surface area contributed by atoms with Gasteiger partial charge in [0.2, 0.25) is 0 Å². The molecule has 0 aromatic heterocycles. The maximum atomic E-state index is 13.2. The van der Waals surface area contributed by atoms with Crippen molar-refractivity contribution in [3.8, 4) is 11.5 Å². The van der Waals surface area contributed by atoms with Gasteiger partial charge >= 0.3 is 6.18 Å². The summed E-state index contributed by atoms with van der Waals surface area (Å²) in [6.45, 7) is 0.0609. The van der Waals surface area contributed by atoms with Crippen LogP contribution in [0, 0.1) is 0 Å². The minimum atomic E-state index is -4.45. The molecular formula is C15H17BrF3NO3. The highest BCUT2D eigenvalue weighted by Gasteiger charge is 2.47. The smallest absolute Gasteiger partial charge is 0.408 e. The molecule has 0 spiro atoms. The van der Waals surface area contributed by atoms with Gasteiger partial charge in [-0.15, -0.1) is 0 Å². The SMILES string of the molecule is COc1cc(Br)cc(OC)c1C(=O)N1CCCCC1C(F)(F)F. The van der Waals surface area contributed by atoms with E-state index < -0.39 is 18.1 Å². The van der Waals surface area contributed by atoms with Crippen LogP contribution in [0.2, 0.25) is 0 Å². The summed E-state index contributed by atoms with van der Waals surface area (Å²) in [5.41, 5.74) is 0.00866. The molecule has 1 fully saturated rings. The second-order valence-corrected chi connectivity index (χ2v) is 6.15. The van der Waals surface area contributed by atoms with Crippen LogP contribution in [-0.4, -0.2) is 43.8 Å². The Labute approximate surface area is 140 Å². The highest BCUT2D eigenvalue weighted by molar-refractivity contribution is 9.10. The van der Waals surface area contributed by atoms with Gasteiger partial charge in [0.05, 0.1) is 14.2 Å². The fourth-order valence-electron chi connectivity index (χ4n) is 2.75. The van der Waals surface area contributed by atoms with Crippen molar-refractivity contribution < 1.29 is 27.4 Å². The number of likely N-dealkylation sites (tertiary alicyclic amines) is 1. The van der Waals surface area contributed by atoms with E-state index in [1.54, 1.807) is 0 Å². The second-order valence-electron chi connectivity index (χ2n) is 5.24. The first-order valence-corrected chi connectivity index (χ1v) is 7.88. The second kappa shape index (κ2) is 6.98. The standard InChI is InChI=1S/C15H17BrF3NO3/c1-22-10-7-9(16)8-11(23-2)13(10)14(21)20-6-4-3-5-12(20)15(17,18)19/h7-8,12H,3-6H2,1-2H3. The van der Waals surface area contributed by atoms with Gasteiger partial charge in [0.15, 0.2) is 0 Å². The third-order valence-electron chi connectivity index (χ3n) is 3.83. The van der Waals surface area contributed by atoms with E-state index in [1.165, 1.54) is 26.4 Å². The number of ether oxygens (including phenoxy) is 2. The molecule has 0 N–H and O–H groups in total. The molecule has 128 valence electrons. The zero-order chi connectivity index (χ0) is 17.2. The Hall–Kier alpha value is -1.44. The van der Waals surface area contributed by atoms with Gasteiger partial charge in [0, 0.05) is 11.0 Å². The Morgan fingerprint density at radius 3 is 2.26 bits per heavy atom. The molecule has 8 heteroatoms. The average Bonchev–Trinajstić information content (AvgIpc) is 2.52. The normalized spacial score (nSPS) is 18.7. The maximum absolute atomic E-state index is 13.2. The Balaban J connectivity index is 2.46. The number of amides is 1. The number of piperidine rings is 1. The molecule has 1 aliphatic rings. The lowest BCUT2D eigenvalue weighted by Gasteiger charge is -2.37. The summed E-state index contributed by atoms with van der Waals surface area (Å²) >= 11 is 3.25. The lowest BCUT2D eigenvalue weighted by molar-refractivity contribution is -0.183. The van der Waals surface area contributed by atoms with Crippen LogP contribution in [0.4, 0.5) is 13.2 Å². The first kappa shape index (κ1) is 17.9. The first-order chi connectivity index (χ1) is 10.8. The Bertz CT molecular complexity index is 567. The topological polar surface area (TPSA) is 38.8 Å². The van der Waals surface area contributed by atoms with Crippen LogP contribution in [0.1, 0.15) is 29.6 Å². The van der Waals surface area contributed by atoms with Crippen LogP contribution >= 0.6 is 15.9 Å². The summed E-state index contributed by atoms with van der Waals surface area (Å²) in [4.78, 5) is 13.7. The number of rotatable bonds is 3. The van der Waals surface area contributed by atoms with Gasteiger partial charge in [-0.05, 0) is 31.4 Å². The summed E-state index contributed by atoms with van der Waals surface area (Å²) in [6.07, 6.45) is -3.55. The van der Waals surface area contributed by atoms with Crippen molar-refractivity contribution in [2.75, 3.05) is 20.8 Å². The van der Waals surface area contributed by atoms with Gasteiger partial charge in [-0.25, -0.2) is 0 Å². The molecule has 0 aliphatic carbocycles. The van der Waals surface area contributed by atoms with E-state index in [2.05, 4.69) is 15.9 Å². The predicted molar refractivity (Wildman–Crippen MR) is 82.0 cm³/mol. The third kappa shape index (κ3) is 3.73. The maximum Gasteiger partial charge on any atom is 0.408 e. The van der Waals surface area contributed by atoms with Crippen molar-refractivity contribution in [1.82, 2.24) is 4.90 Å². The third-order valence-corrected chi connectivity index (χ3v) is 4.28. The molecule has 1 saturated heterocycles. The van der Waals surface area contributed by atoms with E-state index in [-0.39, 0.29) is 30.0 Å². The fourth-order valence-corrected chi connectivity index (χ4v) is 3.17. The molecule has 0 radical (unpaired) electrons. The van der Waals surface area contributed by atoms with Crippen molar-refractivity contribution in [2.24, 2.45) is 0 Å². The molecule has 23 heavy (non-hydrogen) atoms. The Morgan fingerprint density at radius 2 is 1.78 bits per heavy atom. The molecule has 1 heterocycles. The summed E-state index contributed by atoms with van der Waals surface area (Å²) in [5.74, 6) is -0.381. The predicted octanol–water partition coefficient (Wildman–Crippen LogP) is 4.02. The summed E-state index contributed by atoms with van der Waals surface area (Å²) < 4.78 is 50.6. The molecule has 1 aromatic rings. The Morgan fingerprint density at radius 1 is 1.22 bits per heavy atom. The number of benzene rings is 1. The van der Waals surface area contributed by atoms with E-state index in [0.29, 0.717) is 17.3 Å². The molecule has 2 rings (SSSR count). The molecule has 1 unspecified atom stereocenters. The van der Waals surface area contributed by atoms with E-state index >= 15 is 0 Å². The Kier molecular flexibility index (Phi) is 5.44. The molecule has 0 bridgehead atoms. The van der Waals surface area contributed by atoms with Crippen molar-refractivity contribution in [3.63, 3.8) is 0 Å². The van der Waals surface area contributed by atoms with Crippen LogP contribution in [0.5, 0.6) is 11.5 Å². The zero-order valence-electron chi connectivity index (χ0n) is 12.7. The lowest BCUT2D eigenvalue weighted by Crippen LogP contribution is -2.51. The number of carbonyl (C=O) groups excluding carboxylic acids is 1. The molecule has 1 aliphatic heterocycles. The highest BCUT2D eigenvalue weighted by Crippen LogP contribution is 2.38. The monoisotopic (exact) mass is 395 g/mol. The average molecular weight is 396 g/mol. The summed E-state index contributed by atoms with van der Waals surface area (Å²) in [5, 5.41) is 0. The quantitative estimate of drug-likeness (QED) is 0.775. The van der Waals surface area contributed by atoms with Gasteiger partial charge in [-0.3, -0.25) is 4.79 Å². The number of nitrogens with zero attached hydrogens (tertiary/aromatic N) is 1. The minimum Gasteiger partial charge on any atom is -0.496 e. The lowest BCUT2D eigenvalue weighted by atomic mass is 9.99. The molecular weight excluding hydrogens is 379 g/mol. The van der Waals surface area contributed by atoms with E-state index in [0.717, 1.165) is 4.90 Å². The fraction of sp³-hybridized carbons (Fsp3) is 0.533. The number of carbonyl (C=O) groups is 1.